The number of nitrogens with zero attached hydrogens (tertiary/aromatic N) is 2. The Morgan fingerprint density at radius 2 is 1.88 bits per heavy atom. The summed E-state index contributed by atoms with van der Waals surface area (Å²) >= 11 is 3.18. The lowest BCUT2D eigenvalue weighted by atomic mass is 10.1. The zero-order valence-electron chi connectivity index (χ0n) is 14.6. The summed E-state index contributed by atoms with van der Waals surface area (Å²) in [5, 5.41) is 9.82. The molecule has 0 aliphatic heterocycles. The van der Waals surface area contributed by atoms with Crippen molar-refractivity contribution in [2.45, 2.75) is 13.0 Å². The monoisotopic (exact) mass is 385 g/mol. The van der Waals surface area contributed by atoms with Crippen LogP contribution in [0.4, 0.5) is 0 Å². The van der Waals surface area contributed by atoms with Crippen molar-refractivity contribution in [3.8, 4) is 10.6 Å². The van der Waals surface area contributed by atoms with E-state index in [9.17, 15) is 9.59 Å². The highest BCUT2D eigenvalue weighted by molar-refractivity contribution is 7.14. The minimum atomic E-state index is -0.0689. The smallest absolute Gasteiger partial charge is 0.253 e. The molecule has 0 atom stereocenters. The molecule has 0 saturated heterocycles. The Labute approximate surface area is 160 Å². The van der Waals surface area contributed by atoms with E-state index in [1.165, 1.54) is 4.90 Å². The highest BCUT2D eigenvalue weighted by Crippen LogP contribution is 2.25. The van der Waals surface area contributed by atoms with E-state index in [4.69, 9.17) is 0 Å². The molecule has 26 heavy (non-hydrogen) atoms. The van der Waals surface area contributed by atoms with E-state index in [0.29, 0.717) is 12.1 Å². The van der Waals surface area contributed by atoms with E-state index < -0.39 is 0 Å². The zero-order valence-corrected chi connectivity index (χ0v) is 16.2. The summed E-state index contributed by atoms with van der Waals surface area (Å²) in [5.74, 6) is -0.105. The molecule has 2 heterocycles. The number of thiazole rings is 1. The number of hydrogen-bond donors (Lipinski definition) is 1. The van der Waals surface area contributed by atoms with Gasteiger partial charge in [0.2, 0.25) is 5.91 Å². The molecule has 0 saturated carbocycles. The van der Waals surface area contributed by atoms with Crippen molar-refractivity contribution in [3.05, 3.63) is 63.3 Å². The molecule has 0 bridgehead atoms. The molecule has 0 aliphatic carbocycles. The van der Waals surface area contributed by atoms with Gasteiger partial charge in [-0.15, -0.1) is 11.3 Å². The van der Waals surface area contributed by atoms with Gasteiger partial charge in [-0.05, 0) is 29.1 Å². The normalized spacial score (nSPS) is 10.5. The third kappa shape index (κ3) is 4.56. The SMILES string of the molecule is CN(C)C(=O)c1ccc(CNC(=O)Cc2csc(-c3ccsc3)n2)cc1. The van der Waals surface area contributed by atoms with Crippen molar-refractivity contribution in [1.82, 2.24) is 15.2 Å². The summed E-state index contributed by atoms with van der Waals surface area (Å²) in [4.78, 5) is 30.1. The first-order valence-corrected chi connectivity index (χ1v) is 9.89. The lowest BCUT2D eigenvalue weighted by molar-refractivity contribution is -0.120. The van der Waals surface area contributed by atoms with E-state index in [0.717, 1.165) is 21.8 Å². The number of aromatic nitrogens is 1. The molecule has 1 aromatic carbocycles. The number of amides is 2. The Morgan fingerprint density at radius 3 is 2.54 bits per heavy atom. The number of nitrogens with one attached hydrogen (secondary N) is 1. The maximum Gasteiger partial charge on any atom is 0.253 e. The summed E-state index contributed by atoms with van der Waals surface area (Å²) in [6.07, 6.45) is 0.262. The standard InChI is InChI=1S/C19H19N3O2S2/c1-22(2)19(24)14-5-3-13(4-6-14)10-20-17(23)9-16-12-26-18(21-16)15-7-8-25-11-15/h3-8,11-12H,9-10H2,1-2H3,(H,20,23). The van der Waals surface area contributed by atoms with Gasteiger partial charge in [0.15, 0.2) is 0 Å². The van der Waals surface area contributed by atoms with Gasteiger partial charge in [0, 0.05) is 42.5 Å². The number of benzene rings is 1. The number of rotatable bonds is 6. The third-order valence-electron chi connectivity index (χ3n) is 3.76. The molecular formula is C19H19N3O2S2. The molecule has 2 amide bonds. The molecule has 134 valence electrons. The van der Waals surface area contributed by atoms with Crippen molar-refractivity contribution in [2.24, 2.45) is 0 Å². The van der Waals surface area contributed by atoms with Crippen molar-refractivity contribution in [3.63, 3.8) is 0 Å². The van der Waals surface area contributed by atoms with Crippen molar-refractivity contribution < 1.29 is 9.59 Å². The molecule has 0 fully saturated rings. The number of carbonyl (C=O) groups is 2. The second-order valence-electron chi connectivity index (χ2n) is 6.01. The van der Waals surface area contributed by atoms with E-state index in [1.807, 2.05) is 34.3 Å². The van der Waals surface area contributed by atoms with Crippen LogP contribution < -0.4 is 5.32 Å². The van der Waals surface area contributed by atoms with E-state index >= 15 is 0 Å². The van der Waals surface area contributed by atoms with Gasteiger partial charge < -0.3 is 10.2 Å². The molecule has 0 spiro atoms. The second kappa shape index (κ2) is 8.25. The van der Waals surface area contributed by atoms with Crippen LogP contribution in [0.2, 0.25) is 0 Å². The van der Waals surface area contributed by atoms with Crippen LogP contribution in [0.25, 0.3) is 10.6 Å². The topological polar surface area (TPSA) is 62.3 Å². The van der Waals surface area contributed by atoms with E-state index in [2.05, 4.69) is 10.3 Å². The van der Waals surface area contributed by atoms with Gasteiger partial charge >= 0.3 is 0 Å². The van der Waals surface area contributed by atoms with Crippen LogP contribution in [0.3, 0.4) is 0 Å². The Balaban J connectivity index is 1.52. The summed E-state index contributed by atoms with van der Waals surface area (Å²) < 4.78 is 0. The molecule has 3 aromatic rings. The van der Waals surface area contributed by atoms with Crippen LogP contribution in [0, 0.1) is 0 Å². The van der Waals surface area contributed by atoms with Crippen LogP contribution in [-0.2, 0) is 17.8 Å². The first-order chi connectivity index (χ1) is 12.5. The summed E-state index contributed by atoms with van der Waals surface area (Å²) in [7, 11) is 3.44. The molecule has 3 rings (SSSR count). The van der Waals surface area contributed by atoms with Gasteiger partial charge in [-0.25, -0.2) is 4.98 Å². The highest BCUT2D eigenvalue weighted by atomic mass is 32.1. The molecule has 5 nitrogen and oxygen atoms in total. The van der Waals surface area contributed by atoms with Gasteiger partial charge in [-0.2, -0.15) is 11.3 Å². The molecular weight excluding hydrogens is 366 g/mol. The number of hydrogen-bond acceptors (Lipinski definition) is 5. The van der Waals surface area contributed by atoms with Crippen molar-refractivity contribution >= 4 is 34.5 Å². The highest BCUT2D eigenvalue weighted by Gasteiger charge is 2.10. The first-order valence-electron chi connectivity index (χ1n) is 8.07. The summed E-state index contributed by atoms with van der Waals surface area (Å²) in [6.45, 7) is 0.427. The first kappa shape index (κ1) is 18.3. The molecule has 0 unspecified atom stereocenters. The van der Waals surface area contributed by atoms with Crippen LogP contribution in [0.1, 0.15) is 21.6 Å². The van der Waals surface area contributed by atoms with Crippen LogP contribution in [-0.4, -0.2) is 35.8 Å². The van der Waals surface area contributed by atoms with Gasteiger partial charge in [0.05, 0.1) is 12.1 Å². The van der Waals surface area contributed by atoms with Crippen molar-refractivity contribution in [2.75, 3.05) is 14.1 Å². The van der Waals surface area contributed by atoms with Gasteiger partial charge in [0.1, 0.15) is 5.01 Å². The van der Waals surface area contributed by atoms with Crippen LogP contribution >= 0.6 is 22.7 Å². The van der Waals surface area contributed by atoms with Gasteiger partial charge in [0.25, 0.3) is 5.91 Å². The Morgan fingerprint density at radius 1 is 1.12 bits per heavy atom. The van der Waals surface area contributed by atoms with Crippen LogP contribution in [0.5, 0.6) is 0 Å². The Bertz CT molecular complexity index is 884. The lowest BCUT2D eigenvalue weighted by Gasteiger charge is -2.10. The molecule has 0 aliphatic rings. The third-order valence-corrected chi connectivity index (χ3v) is 5.38. The fourth-order valence-corrected chi connectivity index (χ4v) is 3.89. The predicted molar refractivity (Wildman–Crippen MR) is 105 cm³/mol. The largest absolute Gasteiger partial charge is 0.352 e. The summed E-state index contributed by atoms with van der Waals surface area (Å²) in [6, 6.07) is 9.29. The minimum absolute atomic E-state index is 0.0365. The second-order valence-corrected chi connectivity index (χ2v) is 7.64. The quantitative estimate of drug-likeness (QED) is 0.707. The fourth-order valence-electron chi connectivity index (χ4n) is 2.36. The van der Waals surface area contributed by atoms with E-state index in [1.54, 1.807) is 48.9 Å². The van der Waals surface area contributed by atoms with Crippen LogP contribution in [0.15, 0.2) is 46.5 Å². The minimum Gasteiger partial charge on any atom is -0.352 e. The zero-order chi connectivity index (χ0) is 18.5. The lowest BCUT2D eigenvalue weighted by Crippen LogP contribution is -2.25. The number of carbonyl (C=O) groups excluding carboxylic acids is 2. The average molecular weight is 386 g/mol. The van der Waals surface area contributed by atoms with Crippen molar-refractivity contribution in [1.29, 1.82) is 0 Å². The summed E-state index contributed by atoms with van der Waals surface area (Å²) in [5.41, 5.74) is 3.46. The van der Waals surface area contributed by atoms with Gasteiger partial charge in [-0.1, -0.05) is 12.1 Å². The maximum atomic E-state index is 12.1. The molecule has 7 heteroatoms. The Kier molecular flexibility index (Phi) is 5.80. The maximum absolute atomic E-state index is 12.1. The predicted octanol–water partition coefficient (Wildman–Crippen LogP) is 3.43. The number of thiophene rings is 1. The van der Waals surface area contributed by atoms with Gasteiger partial charge in [-0.3, -0.25) is 9.59 Å². The molecule has 0 radical (unpaired) electrons. The van der Waals surface area contributed by atoms with E-state index in [-0.39, 0.29) is 18.2 Å². The average Bonchev–Trinajstić information content (AvgIpc) is 3.31. The molecule has 1 N–H and O–H groups in total. The fraction of sp³-hybridized carbons (Fsp3) is 0.211. The Hall–Kier alpha value is -2.51. The molecule has 2 aromatic heterocycles.